The number of ether oxygens (including phenoxy) is 1. The average Bonchev–Trinajstić information content (AvgIpc) is 3.39. The predicted octanol–water partition coefficient (Wildman–Crippen LogP) is 3.63. The number of nitrogens with zero attached hydrogens (tertiary/aromatic N) is 3. The second-order valence-electron chi connectivity index (χ2n) is 5.79. The van der Waals surface area contributed by atoms with Crippen LogP contribution < -0.4 is 5.01 Å². The van der Waals surface area contributed by atoms with Crippen LogP contribution in [0.4, 0.5) is 5.69 Å². The third-order valence-electron chi connectivity index (χ3n) is 3.90. The van der Waals surface area contributed by atoms with Gasteiger partial charge in [0.1, 0.15) is 12.3 Å². The summed E-state index contributed by atoms with van der Waals surface area (Å²) in [4.78, 5) is 28.9. The van der Waals surface area contributed by atoms with Crippen molar-refractivity contribution in [2.75, 3.05) is 5.01 Å². The number of para-hydroxylation sites is 1. The number of hydrogen-bond acceptors (Lipinski definition) is 7. The number of thiazole rings is 1. The maximum atomic E-state index is 12.4. The minimum atomic E-state index is -0.545. The van der Waals surface area contributed by atoms with Crippen molar-refractivity contribution in [3.05, 3.63) is 59.8 Å². The Bertz CT molecular complexity index is 980. The number of hydrogen-bond donors (Lipinski definition) is 0. The maximum absolute atomic E-state index is 12.4. The minimum absolute atomic E-state index is 0.0361. The maximum Gasteiger partial charge on any atom is 0.354 e. The van der Waals surface area contributed by atoms with Crippen molar-refractivity contribution in [3.63, 3.8) is 0 Å². The van der Waals surface area contributed by atoms with Crippen LogP contribution in [0.25, 0.3) is 10.8 Å². The van der Waals surface area contributed by atoms with Gasteiger partial charge >= 0.3 is 5.97 Å². The first-order valence-corrected chi connectivity index (χ1v) is 9.19. The first-order chi connectivity index (χ1) is 13.2. The molecule has 136 valence electrons. The van der Waals surface area contributed by atoms with Gasteiger partial charge in [0, 0.05) is 18.2 Å². The number of rotatable bonds is 5. The molecule has 3 aromatic rings. The second-order valence-corrected chi connectivity index (χ2v) is 6.64. The van der Waals surface area contributed by atoms with E-state index in [1.165, 1.54) is 16.3 Å². The lowest BCUT2D eigenvalue weighted by Gasteiger charge is -2.22. The fraction of sp³-hybridized carbons (Fsp3) is 0.158. The molecule has 0 atom stereocenters. The third-order valence-corrected chi connectivity index (χ3v) is 4.81. The summed E-state index contributed by atoms with van der Waals surface area (Å²) >= 11 is 1.41. The molecule has 4 rings (SSSR count). The molecule has 0 fully saturated rings. The van der Waals surface area contributed by atoms with Gasteiger partial charge in [-0.3, -0.25) is 4.79 Å². The lowest BCUT2D eigenvalue weighted by molar-refractivity contribution is -0.137. The molecule has 2 aromatic heterocycles. The van der Waals surface area contributed by atoms with Gasteiger partial charge < -0.3 is 9.15 Å². The zero-order valence-corrected chi connectivity index (χ0v) is 15.0. The first kappa shape index (κ1) is 17.2. The molecule has 0 spiro atoms. The topological polar surface area (TPSA) is 85.0 Å². The molecule has 27 heavy (non-hydrogen) atoms. The van der Waals surface area contributed by atoms with Crippen molar-refractivity contribution in [2.24, 2.45) is 5.10 Å². The zero-order valence-electron chi connectivity index (χ0n) is 14.2. The largest absolute Gasteiger partial charge is 0.462 e. The quantitative estimate of drug-likeness (QED) is 0.630. The Hall–Kier alpha value is -3.26. The molecular formula is C19H15N3O4S. The molecule has 0 saturated heterocycles. The summed E-state index contributed by atoms with van der Waals surface area (Å²) < 4.78 is 10.6. The lowest BCUT2D eigenvalue weighted by atomic mass is 10.1. The zero-order chi connectivity index (χ0) is 18.6. The lowest BCUT2D eigenvalue weighted by Crippen LogP contribution is -2.34. The molecule has 1 aromatic carbocycles. The summed E-state index contributed by atoms with van der Waals surface area (Å²) in [5.74, 6) is -0.0254. The molecule has 0 N–H and O–H groups in total. The van der Waals surface area contributed by atoms with Gasteiger partial charge in [0.05, 0.1) is 17.6 Å². The number of benzene rings is 1. The summed E-state index contributed by atoms with van der Waals surface area (Å²) in [6.07, 6.45) is 2.05. The van der Waals surface area contributed by atoms with Crippen LogP contribution in [0.1, 0.15) is 18.5 Å². The van der Waals surface area contributed by atoms with E-state index in [0.717, 1.165) is 5.01 Å². The normalized spacial score (nSPS) is 14.1. The van der Waals surface area contributed by atoms with Gasteiger partial charge in [-0.25, -0.2) is 14.8 Å². The highest BCUT2D eigenvalue weighted by Crippen LogP contribution is 2.24. The van der Waals surface area contributed by atoms with Crippen molar-refractivity contribution in [2.45, 2.75) is 19.4 Å². The highest BCUT2D eigenvalue weighted by atomic mass is 32.1. The molecule has 0 unspecified atom stereocenters. The Labute approximate surface area is 158 Å². The fourth-order valence-corrected chi connectivity index (χ4v) is 3.35. The standard InChI is InChI=1S/C19H15N3O4S/c23-17-9-8-15(21-22(17)14-5-2-1-3-6-14)19(24)26-11-13-12-27-18(20-13)16-7-4-10-25-16/h1-7,10,12H,8-9,11H2. The van der Waals surface area contributed by atoms with Crippen molar-refractivity contribution >= 4 is 34.6 Å². The number of esters is 1. The highest BCUT2D eigenvalue weighted by molar-refractivity contribution is 7.13. The SMILES string of the molecule is O=C(OCc1csc(-c2ccco2)n1)C1=NN(c2ccccc2)C(=O)CC1. The molecule has 0 bridgehead atoms. The van der Waals surface area contributed by atoms with E-state index in [9.17, 15) is 9.59 Å². The molecule has 0 radical (unpaired) electrons. The smallest absolute Gasteiger partial charge is 0.354 e. The van der Waals surface area contributed by atoms with Gasteiger partial charge in [-0.1, -0.05) is 18.2 Å². The molecule has 1 aliphatic heterocycles. The predicted molar refractivity (Wildman–Crippen MR) is 100 cm³/mol. The Balaban J connectivity index is 1.43. The fourth-order valence-electron chi connectivity index (χ4n) is 2.58. The Kier molecular flexibility index (Phi) is 4.80. The molecule has 8 heteroatoms. The van der Waals surface area contributed by atoms with Gasteiger partial charge in [-0.15, -0.1) is 11.3 Å². The molecule has 1 aliphatic rings. The van der Waals surface area contributed by atoms with Crippen molar-refractivity contribution in [1.82, 2.24) is 4.98 Å². The van der Waals surface area contributed by atoms with Gasteiger partial charge in [0.2, 0.25) is 5.91 Å². The van der Waals surface area contributed by atoms with Gasteiger partial charge in [-0.05, 0) is 24.3 Å². The third kappa shape index (κ3) is 3.80. The van der Waals surface area contributed by atoms with E-state index in [0.29, 0.717) is 17.1 Å². The molecule has 0 aliphatic carbocycles. The molecular weight excluding hydrogens is 366 g/mol. The van der Waals surface area contributed by atoms with E-state index in [-0.39, 0.29) is 31.1 Å². The Morgan fingerprint density at radius 3 is 2.81 bits per heavy atom. The summed E-state index contributed by atoms with van der Waals surface area (Å²) in [5, 5.41) is 7.97. The van der Waals surface area contributed by atoms with Gasteiger partial charge in [0.25, 0.3) is 0 Å². The van der Waals surface area contributed by atoms with Gasteiger partial charge in [-0.2, -0.15) is 5.10 Å². The van der Waals surface area contributed by atoms with E-state index in [1.54, 1.807) is 24.5 Å². The van der Waals surface area contributed by atoms with Crippen LogP contribution in [0, 0.1) is 0 Å². The number of hydrazone groups is 1. The van der Waals surface area contributed by atoms with Crippen LogP contribution in [0.3, 0.4) is 0 Å². The molecule has 1 amide bonds. The van der Waals surface area contributed by atoms with E-state index in [4.69, 9.17) is 9.15 Å². The number of furan rings is 1. The Morgan fingerprint density at radius 1 is 1.19 bits per heavy atom. The van der Waals surface area contributed by atoms with E-state index < -0.39 is 5.97 Å². The van der Waals surface area contributed by atoms with Crippen LogP contribution in [-0.2, 0) is 20.9 Å². The van der Waals surface area contributed by atoms with Crippen molar-refractivity contribution in [1.29, 1.82) is 0 Å². The number of aromatic nitrogens is 1. The van der Waals surface area contributed by atoms with E-state index in [2.05, 4.69) is 10.1 Å². The second kappa shape index (κ2) is 7.55. The van der Waals surface area contributed by atoms with Gasteiger partial charge in [0.15, 0.2) is 10.8 Å². The van der Waals surface area contributed by atoms with E-state index in [1.807, 2.05) is 29.6 Å². The van der Waals surface area contributed by atoms with Crippen LogP contribution in [-0.4, -0.2) is 22.6 Å². The summed E-state index contributed by atoms with van der Waals surface area (Å²) in [7, 11) is 0. The van der Waals surface area contributed by atoms with E-state index >= 15 is 0 Å². The Morgan fingerprint density at radius 2 is 2.04 bits per heavy atom. The number of anilines is 1. The van der Waals surface area contributed by atoms with Crippen LogP contribution in [0.2, 0.25) is 0 Å². The monoisotopic (exact) mass is 381 g/mol. The number of carbonyl (C=O) groups excluding carboxylic acids is 2. The van der Waals surface area contributed by atoms with Crippen molar-refractivity contribution in [3.8, 4) is 10.8 Å². The summed E-state index contributed by atoms with van der Waals surface area (Å²) in [6.45, 7) is 0.0361. The van der Waals surface area contributed by atoms with Crippen molar-refractivity contribution < 1.29 is 18.7 Å². The number of amides is 1. The van der Waals surface area contributed by atoms with Crippen LogP contribution in [0.15, 0.2) is 63.6 Å². The molecule has 3 heterocycles. The summed E-state index contributed by atoms with van der Waals surface area (Å²) in [6, 6.07) is 12.6. The highest BCUT2D eigenvalue weighted by Gasteiger charge is 2.26. The van der Waals surface area contributed by atoms with Crippen LogP contribution in [0.5, 0.6) is 0 Å². The van der Waals surface area contributed by atoms with Crippen LogP contribution >= 0.6 is 11.3 Å². The molecule has 0 saturated carbocycles. The summed E-state index contributed by atoms with van der Waals surface area (Å²) in [5.41, 5.74) is 1.47. The number of carbonyl (C=O) groups is 2. The average molecular weight is 381 g/mol. The minimum Gasteiger partial charge on any atom is -0.462 e. The molecule has 7 nitrogen and oxygen atoms in total. The first-order valence-electron chi connectivity index (χ1n) is 8.31.